The summed E-state index contributed by atoms with van der Waals surface area (Å²) in [5, 5.41) is 1.03. The van der Waals surface area contributed by atoms with Gasteiger partial charge in [0, 0.05) is 48.7 Å². The SMILES string of the molecule is Cc1ccc2cc(C3c4nc[nH]c4CCN3Cc3cccnc3)c(=O)[nH]c2c1. The molecular weight excluding hydrogens is 350 g/mol. The van der Waals surface area contributed by atoms with Crippen molar-refractivity contribution in [1.29, 1.82) is 0 Å². The number of hydrogen-bond donors (Lipinski definition) is 2. The molecule has 0 fully saturated rings. The molecule has 0 spiro atoms. The Hall–Kier alpha value is -3.25. The van der Waals surface area contributed by atoms with Crippen LogP contribution in [0.4, 0.5) is 0 Å². The molecule has 0 saturated carbocycles. The van der Waals surface area contributed by atoms with E-state index < -0.39 is 0 Å². The van der Waals surface area contributed by atoms with Crippen LogP contribution in [0.15, 0.2) is 59.9 Å². The maximum atomic E-state index is 13.0. The first-order valence-corrected chi connectivity index (χ1v) is 9.48. The topological polar surface area (TPSA) is 77.7 Å². The van der Waals surface area contributed by atoms with Crippen LogP contribution in [0.2, 0.25) is 0 Å². The van der Waals surface area contributed by atoms with Crippen LogP contribution in [0, 0.1) is 6.92 Å². The number of imidazole rings is 1. The number of benzene rings is 1. The van der Waals surface area contributed by atoms with Gasteiger partial charge >= 0.3 is 0 Å². The van der Waals surface area contributed by atoms with Crippen LogP contribution >= 0.6 is 0 Å². The summed E-state index contributed by atoms with van der Waals surface area (Å²) in [4.78, 5) is 30.5. The second-order valence-electron chi connectivity index (χ2n) is 7.40. The predicted octanol–water partition coefficient (Wildman–Crippen LogP) is 3.10. The Balaban J connectivity index is 1.64. The first-order chi connectivity index (χ1) is 13.7. The number of rotatable bonds is 3. The van der Waals surface area contributed by atoms with Crippen molar-refractivity contribution >= 4 is 10.9 Å². The molecule has 140 valence electrons. The number of H-pyrrole nitrogens is 2. The zero-order chi connectivity index (χ0) is 19.1. The summed E-state index contributed by atoms with van der Waals surface area (Å²) in [6.07, 6.45) is 6.27. The highest BCUT2D eigenvalue weighted by molar-refractivity contribution is 5.79. The Bertz CT molecular complexity index is 1190. The highest BCUT2D eigenvalue weighted by Gasteiger charge is 2.32. The van der Waals surface area contributed by atoms with E-state index in [1.54, 1.807) is 12.5 Å². The van der Waals surface area contributed by atoms with Gasteiger partial charge < -0.3 is 9.97 Å². The van der Waals surface area contributed by atoms with Crippen molar-refractivity contribution in [3.05, 3.63) is 93.6 Å². The summed E-state index contributed by atoms with van der Waals surface area (Å²) in [6, 6.07) is 12.0. The molecular formula is C22H21N5O. The van der Waals surface area contributed by atoms with Gasteiger partial charge in [-0.25, -0.2) is 4.98 Å². The van der Waals surface area contributed by atoms with Crippen LogP contribution in [0.1, 0.15) is 34.1 Å². The Morgan fingerprint density at radius 2 is 2.18 bits per heavy atom. The lowest BCUT2D eigenvalue weighted by molar-refractivity contribution is 0.199. The van der Waals surface area contributed by atoms with E-state index in [1.165, 1.54) is 0 Å². The number of aryl methyl sites for hydroxylation is 1. The fourth-order valence-electron chi connectivity index (χ4n) is 4.10. The van der Waals surface area contributed by atoms with Gasteiger partial charge in [0.05, 0.1) is 18.1 Å². The zero-order valence-electron chi connectivity index (χ0n) is 15.6. The molecule has 1 unspecified atom stereocenters. The molecule has 4 heterocycles. The Morgan fingerprint density at radius 1 is 1.25 bits per heavy atom. The maximum absolute atomic E-state index is 13.0. The molecule has 1 aliphatic rings. The van der Waals surface area contributed by atoms with Gasteiger partial charge in [-0.15, -0.1) is 0 Å². The van der Waals surface area contributed by atoms with E-state index >= 15 is 0 Å². The highest BCUT2D eigenvalue weighted by atomic mass is 16.1. The minimum atomic E-state index is -0.190. The quantitative estimate of drug-likeness (QED) is 0.580. The van der Waals surface area contributed by atoms with Crippen molar-refractivity contribution in [2.24, 2.45) is 0 Å². The number of fused-ring (bicyclic) bond motifs is 2. The van der Waals surface area contributed by atoms with Crippen LogP contribution in [-0.2, 0) is 13.0 Å². The van der Waals surface area contributed by atoms with Crippen molar-refractivity contribution in [2.45, 2.75) is 25.9 Å². The van der Waals surface area contributed by atoms with Crippen LogP contribution in [-0.4, -0.2) is 31.4 Å². The molecule has 1 atom stereocenters. The molecule has 0 amide bonds. The summed E-state index contributed by atoms with van der Waals surface area (Å²) in [7, 11) is 0. The zero-order valence-corrected chi connectivity index (χ0v) is 15.6. The number of nitrogens with one attached hydrogen (secondary N) is 2. The van der Waals surface area contributed by atoms with E-state index in [0.29, 0.717) is 0 Å². The lowest BCUT2D eigenvalue weighted by Crippen LogP contribution is -2.38. The molecule has 0 aliphatic carbocycles. The molecule has 28 heavy (non-hydrogen) atoms. The second kappa shape index (κ2) is 6.73. The largest absolute Gasteiger partial charge is 0.348 e. The Morgan fingerprint density at radius 3 is 3.04 bits per heavy atom. The predicted molar refractivity (Wildman–Crippen MR) is 108 cm³/mol. The molecule has 0 bridgehead atoms. The molecule has 1 aliphatic heterocycles. The van der Waals surface area contributed by atoms with Crippen molar-refractivity contribution in [2.75, 3.05) is 6.54 Å². The van der Waals surface area contributed by atoms with E-state index in [1.807, 2.05) is 31.3 Å². The van der Waals surface area contributed by atoms with Crippen LogP contribution < -0.4 is 5.56 Å². The number of aromatic amines is 2. The van der Waals surface area contributed by atoms with Crippen molar-refractivity contribution in [3.8, 4) is 0 Å². The van der Waals surface area contributed by atoms with E-state index in [-0.39, 0.29) is 11.6 Å². The third kappa shape index (κ3) is 2.92. The van der Waals surface area contributed by atoms with Crippen molar-refractivity contribution in [3.63, 3.8) is 0 Å². The van der Waals surface area contributed by atoms with Gasteiger partial charge in [-0.05, 0) is 41.6 Å². The number of pyridine rings is 2. The smallest absolute Gasteiger partial charge is 0.253 e. The lowest BCUT2D eigenvalue weighted by atomic mass is 9.95. The van der Waals surface area contributed by atoms with Gasteiger partial charge in [0.1, 0.15) is 0 Å². The van der Waals surface area contributed by atoms with Crippen LogP contribution in [0.3, 0.4) is 0 Å². The van der Waals surface area contributed by atoms with Crippen LogP contribution in [0.5, 0.6) is 0 Å². The minimum Gasteiger partial charge on any atom is -0.348 e. The third-order valence-electron chi connectivity index (χ3n) is 5.46. The lowest BCUT2D eigenvalue weighted by Gasteiger charge is -2.34. The fourth-order valence-corrected chi connectivity index (χ4v) is 4.10. The number of nitrogens with zero attached hydrogens (tertiary/aromatic N) is 3. The summed E-state index contributed by atoms with van der Waals surface area (Å²) in [5.74, 6) is 0. The normalized spacial score (nSPS) is 17.0. The molecule has 1 aromatic carbocycles. The van der Waals surface area contributed by atoms with Gasteiger partial charge in [-0.2, -0.15) is 0 Å². The monoisotopic (exact) mass is 371 g/mol. The summed E-state index contributed by atoms with van der Waals surface area (Å²) in [6.45, 7) is 3.59. The van der Waals surface area contributed by atoms with E-state index in [2.05, 4.69) is 43.0 Å². The van der Waals surface area contributed by atoms with Crippen molar-refractivity contribution in [1.82, 2.24) is 24.8 Å². The average molecular weight is 371 g/mol. The Kier molecular flexibility index (Phi) is 4.06. The van der Waals surface area contributed by atoms with E-state index in [9.17, 15) is 4.79 Å². The van der Waals surface area contributed by atoms with E-state index in [4.69, 9.17) is 0 Å². The molecule has 0 radical (unpaired) electrons. The minimum absolute atomic E-state index is 0.0601. The summed E-state index contributed by atoms with van der Waals surface area (Å²) < 4.78 is 0. The van der Waals surface area contributed by atoms with Gasteiger partial charge in [-0.3, -0.25) is 14.7 Å². The molecule has 3 aromatic heterocycles. The Labute approximate surface area is 162 Å². The molecule has 5 rings (SSSR count). The summed E-state index contributed by atoms with van der Waals surface area (Å²) in [5.41, 5.74) is 5.83. The molecule has 6 heteroatoms. The molecule has 2 N–H and O–H groups in total. The first kappa shape index (κ1) is 16.9. The highest BCUT2D eigenvalue weighted by Crippen LogP contribution is 2.33. The standard InChI is InChI=1S/C22H21N5O/c1-14-4-5-16-10-17(22(28)26-19(16)9-14)21-20-18(24-13-25-20)6-8-27(21)12-15-3-2-7-23-11-15/h2-5,7,9-11,13,21H,6,8,12H2,1H3,(H,24,25)(H,26,28). The average Bonchev–Trinajstić information content (AvgIpc) is 3.17. The van der Waals surface area contributed by atoms with Gasteiger partial charge in [0.15, 0.2) is 0 Å². The van der Waals surface area contributed by atoms with Crippen LogP contribution in [0.25, 0.3) is 10.9 Å². The molecule has 0 saturated heterocycles. The van der Waals surface area contributed by atoms with Crippen molar-refractivity contribution < 1.29 is 0 Å². The summed E-state index contributed by atoms with van der Waals surface area (Å²) >= 11 is 0. The van der Waals surface area contributed by atoms with Gasteiger partial charge in [0.25, 0.3) is 5.56 Å². The fraction of sp³-hybridized carbons (Fsp3) is 0.227. The molecule has 4 aromatic rings. The van der Waals surface area contributed by atoms with Gasteiger partial charge in [0.2, 0.25) is 0 Å². The number of aromatic nitrogens is 4. The van der Waals surface area contributed by atoms with Gasteiger partial charge in [-0.1, -0.05) is 18.2 Å². The number of hydrogen-bond acceptors (Lipinski definition) is 4. The maximum Gasteiger partial charge on any atom is 0.253 e. The van der Waals surface area contributed by atoms with E-state index in [0.717, 1.165) is 58.5 Å². The second-order valence-corrected chi connectivity index (χ2v) is 7.40. The third-order valence-corrected chi connectivity index (χ3v) is 5.46. The first-order valence-electron chi connectivity index (χ1n) is 9.48. The molecule has 6 nitrogen and oxygen atoms in total.